The van der Waals surface area contributed by atoms with E-state index in [1.807, 2.05) is 0 Å². The molecule has 1 unspecified atom stereocenters. The lowest BCUT2D eigenvalue weighted by atomic mass is 9.86. The van der Waals surface area contributed by atoms with Crippen LogP contribution in [0.2, 0.25) is 0 Å². The van der Waals surface area contributed by atoms with Gasteiger partial charge in [-0.15, -0.1) is 0 Å². The van der Waals surface area contributed by atoms with Crippen molar-refractivity contribution in [2.75, 3.05) is 0 Å². The number of rotatable bonds is 6. The molecule has 14 aromatic rings. The highest BCUT2D eigenvalue weighted by atomic mass is 16.3. The minimum atomic E-state index is 0.307. The zero-order chi connectivity index (χ0) is 45.9. The molecule has 0 saturated heterocycles. The molecular weight excluding hydrogens is 853 g/mol. The summed E-state index contributed by atoms with van der Waals surface area (Å²) < 4.78 is 18.6. The van der Waals surface area contributed by atoms with Crippen LogP contribution in [0.4, 0.5) is 0 Å². The van der Waals surface area contributed by atoms with E-state index in [2.05, 4.69) is 246 Å². The fraction of sp³-hybridized carbons (Fsp3) is 0.0303. The molecule has 70 heavy (non-hydrogen) atoms. The Bertz CT molecular complexity index is 4420. The summed E-state index contributed by atoms with van der Waals surface area (Å²) in [6.45, 7) is 0. The molecule has 1 aliphatic rings. The van der Waals surface area contributed by atoms with E-state index in [9.17, 15) is 0 Å². The number of allylic oxidation sites excluding steroid dienone is 1. The molecular formula is C66H42N2O2. The maximum atomic E-state index is 6.92. The minimum absolute atomic E-state index is 0.307. The molecule has 0 N–H and O–H groups in total. The summed E-state index contributed by atoms with van der Waals surface area (Å²) in [5.41, 5.74) is 20.0. The molecule has 15 rings (SSSR count). The SMILES string of the molecule is C1=CC(c2ccccc2)Cc2c1n(-c1ccccc1)c1ccc(-c3cccc4c3oc3cc5oc6c(-c7ccc8c(c7)c7cc(-c9ccccc9)ccc7n8-c7ccccc7)cccc6c5cc34)cc21. The van der Waals surface area contributed by atoms with Gasteiger partial charge < -0.3 is 18.0 Å². The quantitative estimate of drug-likeness (QED) is 0.167. The number of hydrogen-bond donors (Lipinski definition) is 0. The van der Waals surface area contributed by atoms with Gasteiger partial charge in [0.2, 0.25) is 0 Å². The van der Waals surface area contributed by atoms with Gasteiger partial charge in [0.05, 0.1) is 16.6 Å². The van der Waals surface area contributed by atoms with Gasteiger partial charge in [0.25, 0.3) is 0 Å². The number of nitrogens with zero attached hydrogens (tertiary/aromatic N) is 2. The highest BCUT2D eigenvalue weighted by Gasteiger charge is 2.25. The molecule has 4 aromatic heterocycles. The van der Waals surface area contributed by atoms with Crippen LogP contribution in [0.3, 0.4) is 0 Å². The van der Waals surface area contributed by atoms with Crippen molar-refractivity contribution in [3.05, 3.63) is 247 Å². The first-order chi connectivity index (χ1) is 34.7. The van der Waals surface area contributed by atoms with Gasteiger partial charge in [0.15, 0.2) is 0 Å². The van der Waals surface area contributed by atoms with E-state index in [0.717, 1.165) is 83.8 Å². The van der Waals surface area contributed by atoms with Crippen molar-refractivity contribution in [3.63, 3.8) is 0 Å². The summed E-state index contributed by atoms with van der Waals surface area (Å²) in [6.07, 6.45) is 5.64. The fourth-order valence-electron chi connectivity index (χ4n) is 11.6. The molecule has 0 saturated carbocycles. The molecule has 0 amide bonds. The highest BCUT2D eigenvalue weighted by Crippen LogP contribution is 2.45. The molecule has 1 aliphatic carbocycles. The van der Waals surface area contributed by atoms with Gasteiger partial charge >= 0.3 is 0 Å². The first-order valence-corrected chi connectivity index (χ1v) is 24.2. The van der Waals surface area contributed by atoms with Crippen LogP contribution in [0, 0.1) is 0 Å². The lowest BCUT2D eigenvalue weighted by Gasteiger charge is -2.19. The van der Waals surface area contributed by atoms with Crippen LogP contribution >= 0.6 is 0 Å². The van der Waals surface area contributed by atoms with Crippen molar-refractivity contribution in [2.45, 2.75) is 12.3 Å². The number of furan rings is 2. The van der Waals surface area contributed by atoms with Gasteiger partial charge in [0, 0.05) is 77.9 Å². The molecule has 0 radical (unpaired) electrons. The molecule has 1 atom stereocenters. The topological polar surface area (TPSA) is 36.1 Å². The second kappa shape index (κ2) is 15.2. The Labute approximate surface area is 403 Å². The third-order valence-corrected chi connectivity index (χ3v) is 14.9. The third kappa shape index (κ3) is 5.90. The van der Waals surface area contributed by atoms with Crippen molar-refractivity contribution in [3.8, 4) is 44.8 Å². The number of aromatic nitrogens is 2. The molecule has 0 spiro atoms. The van der Waals surface area contributed by atoms with Crippen molar-refractivity contribution in [1.29, 1.82) is 0 Å². The van der Waals surface area contributed by atoms with E-state index in [0.29, 0.717) is 5.92 Å². The number of benzene rings is 10. The molecule has 0 fully saturated rings. The van der Waals surface area contributed by atoms with Crippen LogP contribution in [-0.4, -0.2) is 9.13 Å². The predicted molar refractivity (Wildman–Crippen MR) is 290 cm³/mol. The summed E-state index contributed by atoms with van der Waals surface area (Å²) in [6, 6.07) is 81.0. The molecule has 10 aromatic carbocycles. The normalized spacial score (nSPS) is 13.7. The van der Waals surface area contributed by atoms with E-state index < -0.39 is 0 Å². The van der Waals surface area contributed by atoms with Crippen molar-refractivity contribution in [1.82, 2.24) is 9.13 Å². The smallest absolute Gasteiger partial charge is 0.143 e. The van der Waals surface area contributed by atoms with E-state index in [-0.39, 0.29) is 0 Å². The number of fused-ring (bicyclic) bond motifs is 12. The minimum Gasteiger partial charge on any atom is -0.455 e. The summed E-state index contributed by atoms with van der Waals surface area (Å²) in [5.74, 6) is 0.307. The average Bonchev–Trinajstić information content (AvgIpc) is 4.17. The second-order valence-electron chi connectivity index (χ2n) is 18.8. The Morgan fingerprint density at radius 1 is 0.357 bits per heavy atom. The summed E-state index contributed by atoms with van der Waals surface area (Å²) >= 11 is 0. The van der Waals surface area contributed by atoms with Crippen LogP contribution in [0.1, 0.15) is 22.7 Å². The Morgan fingerprint density at radius 2 is 0.857 bits per heavy atom. The van der Waals surface area contributed by atoms with E-state index in [1.165, 1.54) is 60.8 Å². The van der Waals surface area contributed by atoms with Gasteiger partial charge in [-0.3, -0.25) is 0 Å². The predicted octanol–water partition coefficient (Wildman–Crippen LogP) is 17.9. The standard InChI is InChI=1S/C66H42N2O2/c1-5-15-41(16-6-1)43-27-31-59-53(35-43)55-37-45(29-33-61(55)67(59)47-19-9-3-10-20-47)49-23-13-25-51-57-39-58-52-26-14-24-50(66(52)70-64(58)40-63(57)69-65(49)51)46-30-34-62-56(38-46)54-36-44(42-17-7-2-8-18-42)28-32-60(54)68(62)48-21-11-4-12-22-48/h1-35,37-40,44H,36H2. The van der Waals surface area contributed by atoms with Crippen molar-refractivity contribution >= 4 is 82.7 Å². The monoisotopic (exact) mass is 894 g/mol. The van der Waals surface area contributed by atoms with Crippen LogP contribution in [0.25, 0.3) is 127 Å². The zero-order valence-electron chi connectivity index (χ0n) is 38.0. The maximum Gasteiger partial charge on any atom is 0.143 e. The first-order valence-electron chi connectivity index (χ1n) is 24.2. The van der Waals surface area contributed by atoms with Gasteiger partial charge in [0.1, 0.15) is 22.3 Å². The fourth-order valence-corrected chi connectivity index (χ4v) is 11.6. The van der Waals surface area contributed by atoms with Crippen LogP contribution in [0.15, 0.2) is 239 Å². The van der Waals surface area contributed by atoms with Crippen molar-refractivity contribution < 1.29 is 8.83 Å². The lowest BCUT2D eigenvalue weighted by molar-refractivity contribution is 0.657. The highest BCUT2D eigenvalue weighted by molar-refractivity contribution is 6.19. The van der Waals surface area contributed by atoms with E-state index in [1.54, 1.807) is 0 Å². The number of para-hydroxylation sites is 4. The summed E-state index contributed by atoms with van der Waals surface area (Å²) in [7, 11) is 0. The molecule has 328 valence electrons. The first kappa shape index (κ1) is 38.9. The molecule has 4 heteroatoms. The van der Waals surface area contributed by atoms with Crippen molar-refractivity contribution in [2.24, 2.45) is 0 Å². The Hall–Kier alpha value is -9.12. The zero-order valence-corrected chi connectivity index (χ0v) is 38.0. The Morgan fingerprint density at radius 3 is 1.46 bits per heavy atom. The second-order valence-corrected chi connectivity index (χ2v) is 18.8. The molecule has 4 heterocycles. The average molecular weight is 895 g/mol. The molecule has 0 bridgehead atoms. The Kier molecular flexibility index (Phi) is 8.45. The maximum absolute atomic E-state index is 6.92. The molecule has 4 nitrogen and oxygen atoms in total. The lowest BCUT2D eigenvalue weighted by Crippen LogP contribution is -2.07. The summed E-state index contributed by atoms with van der Waals surface area (Å²) in [4.78, 5) is 0. The van der Waals surface area contributed by atoms with Crippen LogP contribution in [0.5, 0.6) is 0 Å². The Balaban J connectivity index is 0.857. The third-order valence-electron chi connectivity index (χ3n) is 14.9. The van der Waals surface area contributed by atoms with Gasteiger partial charge in [-0.05, 0) is 113 Å². The van der Waals surface area contributed by atoms with Gasteiger partial charge in [-0.25, -0.2) is 0 Å². The van der Waals surface area contributed by atoms with Crippen LogP contribution in [-0.2, 0) is 6.42 Å². The number of hydrogen-bond acceptors (Lipinski definition) is 2. The van der Waals surface area contributed by atoms with E-state index >= 15 is 0 Å². The summed E-state index contributed by atoms with van der Waals surface area (Å²) in [5, 5.41) is 8.00. The largest absolute Gasteiger partial charge is 0.455 e. The van der Waals surface area contributed by atoms with Crippen LogP contribution < -0.4 is 0 Å². The van der Waals surface area contributed by atoms with Gasteiger partial charge in [-0.1, -0.05) is 158 Å². The molecule has 0 aliphatic heterocycles. The van der Waals surface area contributed by atoms with Gasteiger partial charge in [-0.2, -0.15) is 0 Å². The van der Waals surface area contributed by atoms with E-state index in [4.69, 9.17) is 8.83 Å².